The van der Waals surface area contributed by atoms with Gasteiger partial charge in [-0.1, -0.05) is 0 Å². The summed E-state index contributed by atoms with van der Waals surface area (Å²) in [5.41, 5.74) is 2.88. The third-order valence-electron chi connectivity index (χ3n) is 2.90. The lowest BCUT2D eigenvalue weighted by Crippen LogP contribution is -2.43. The molecule has 5 heteroatoms. The van der Waals surface area contributed by atoms with Crippen molar-refractivity contribution in [3.8, 4) is 0 Å². The van der Waals surface area contributed by atoms with Crippen LogP contribution in [0.25, 0.3) is 0 Å². The van der Waals surface area contributed by atoms with E-state index in [0.717, 1.165) is 12.2 Å². The molecule has 0 aromatic carbocycles. The number of rotatable bonds is 5. The Morgan fingerprint density at radius 2 is 2.24 bits per heavy atom. The minimum Gasteiger partial charge on any atom is -0.345 e. The maximum Gasteiger partial charge on any atom is 0.239 e. The Morgan fingerprint density at radius 3 is 2.71 bits per heavy atom. The molecule has 17 heavy (non-hydrogen) atoms. The summed E-state index contributed by atoms with van der Waals surface area (Å²) in [6, 6.07) is -0.0110. The molecule has 4 nitrogen and oxygen atoms in total. The van der Waals surface area contributed by atoms with E-state index in [1.54, 1.807) is 16.2 Å². The lowest BCUT2D eigenvalue weighted by Gasteiger charge is -2.23. The van der Waals surface area contributed by atoms with Crippen LogP contribution in [0.3, 0.4) is 0 Å². The zero-order chi connectivity index (χ0) is 13.0. The fraction of sp³-hybridized carbons (Fsp3) is 0.667. The molecule has 0 fully saturated rings. The predicted octanol–water partition coefficient (Wildman–Crippen LogP) is 1.97. The number of nitrogens with one attached hydrogen (secondary N) is 1. The van der Waals surface area contributed by atoms with Crippen LogP contribution < -0.4 is 5.32 Å². The van der Waals surface area contributed by atoms with Gasteiger partial charge in [-0.25, -0.2) is 4.98 Å². The molecule has 2 atom stereocenters. The van der Waals surface area contributed by atoms with Crippen LogP contribution in [0.5, 0.6) is 0 Å². The number of hydrogen-bond donors (Lipinski definition) is 1. The Morgan fingerprint density at radius 1 is 1.59 bits per heavy atom. The number of hydrogen-bond acceptors (Lipinski definition) is 4. The number of aromatic nitrogens is 1. The summed E-state index contributed by atoms with van der Waals surface area (Å²) in [6.07, 6.45) is 0. The highest BCUT2D eigenvalue weighted by Gasteiger charge is 2.20. The smallest absolute Gasteiger partial charge is 0.239 e. The molecule has 2 unspecified atom stereocenters. The lowest BCUT2D eigenvalue weighted by molar-refractivity contribution is -0.131. The quantitative estimate of drug-likeness (QED) is 0.875. The zero-order valence-corrected chi connectivity index (χ0v) is 12.0. The van der Waals surface area contributed by atoms with Gasteiger partial charge in [0.2, 0.25) is 5.91 Å². The molecule has 0 bridgehead atoms. The molecule has 0 radical (unpaired) electrons. The molecule has 1 aromatic rings. The first-order chi connectivity index (χ1) is 7.97. The molecule has 0 saturated heterocycles. The maximum absolute atomic E-state index is 11.9. The van der Waals surface area contributed by atoms with Gasteiger partial charge >= 0.3 is 0 Å². The van der Waals surface area contributed by atoms with E-state index in [1.165, 1.54) is 4.88 Å². The monoisotopic (exact) mass is 255 g/mol. The Balaban J connectivity index is 2.60. The van der Waals surface area contributed by atoms with Gasteiger partial charge in [-0.2, -0.15) is 0 Å². The number of aryl methyl sites for hydroxylation is 1. The van der Waals surface area contributed by atoms with Crippen molar-refractivity contribution in [2.24, 2.45) is 0 Å². The van der Waals surface area contributed by atoms with E-state index >= 15 is 0 Å². The number of likely N-dealkylation sites (N-methyl/N-ethyl adjacent to an activating group) is 1. The summed E-state index contributed by atoms with van der Waals surface area (Å²) in [5, 5.41) is 3.32. The molecular weight excluding hydrogens is 234 g/mol. The van der Waals surface area contributed by atoms with Gasteiger partial charge in [0.05, 0.1) is 17.2 Å². The average Bonchev–Trinajstić information content (AvgIpc) is 2.73. The molecular formula is C12H21N3OS. The fourth-order valence-corrected chi connectivity index (χ4v) is 2.55. The van der Waals surface area contributed by atoms with Crippen LogP contribution in [-0.2, 0) is 4.79 Å². The zero-order valence-electron chi connectivity index (χ0n) is 11.2. The first-order valence-electron chi connectivity index (χ1n) is 5.88. The third-order valence-corrected chi connectivity index (χ3v) is 4.01. The van der Waals surface area contributed by atoms with E-state index < -0.39 is 0 Å². The number of thiazole rings is 1. The molecule has 1 N–H and O–H groups in total. The molecule has 96 valence electrons. The average molecular weight is 255 g/mol. The largest absolute Gasteiger partial charge is 0.345 e. The van der Waals surface area contributed by atoms with E-state index in [2.05, 4.69) is 17.2 Å². The summed E-state index contributed by atoms with van der Waals surface area (Å²) in [4.78, 5) is 19.1. The second-order valence-electron chi connectivity index (χ2n) is 4.26. The molecule has 1 amide bonds. The Labute approximate surface area is 107 Å². The summed E-state index contributed by atoms with van der Waals surface area (Å²) < 4.78 is 0. The lowest BCUT2D eigenvalue weighted by atomic mass is 10.2. The standard InChI is InChI=1S/C12H21N3OS/c1-6-15(5)12(16)10(4)14-9(3)11-8(2)13-7-17-11/h7,9-10,14H,6H2,1-5H3. The maximum atomic E-state index is 11.9. The SMILES string of the molecule is CCN(C)C(=O)C(C)NC(C)c1scnc1C. The molecule has 0 aliphatic heterocycles. The van der Waals surface area contributed by atoms with Crippen LogP contribution in [-0.4, -0.2) is 35.4 Å². The molecule has 0 aliphatic carbocycles. The van der Waals surface area contributed by atoms with E-state index in [9.17, 15) is 4.79 Å². The minimum absolute atomic E-state index is 0.126. The van der Waals surface area contributed by atoms with Gasteiger partial charge in [-0.05, 0) is 27.7 Å². The van der Waals surface area contributed by atoms with Gasteiger partial charge in [0.25, 0.3) is 0 Å². The van der Waals surface area contributed by atoms with Gasteiger partial charge in [0.1, 0.15) is 0 Å². The van der Waals surface area contributed by atoms with Crippen molar-refractivity contribution in [2.75, 3.05) is 13.6 Å². The van der Waals surface area contributed by atoms with Gasteiger partial charge in [-0.15, -0.1) is 11.3 Å². The van der Waals surface area contributed by atoms with Crippen molar-refractivity contribution >= 4 is 17.2 Å². The summed E-state index contributed by atoms with van der Waals surface area (Å²) in [5.74, 6) is 0.126. The highest BCUT2D eigenvalue weighted by Crippen LogP contribution is 2.21. The molecule has 0 spiro atoms. The van der Waals surface area contributed by atoms with Crippen molar-refractivity contribution in [1.29, 1.82) is 0 Å². The van der Waals surface area contributed by atoms with E-state index in [4.69, 9.17) is 0 Å². The van der Waals surface area contributed by atoms with Gasteiger partial charge in [-0.3, -0.25) is 10.1 Å². The molecule has 0 aliphatic rings. The Hall–Kier alpha value is -0.940. The number of carbonyl (C=O) groups excluding carboxylic acids is 1. The summed E-state index contributed by atoms with van der Waals surface area (Å²) in [7, 11) is 1.82. The Bertz CT molecular complexity index is 378. The van der Waals surface area contributed by atoms with Crippen LogP contribution >= 0.6 is 11.3 Å². The third kappa shape index (κ3) is 3.51. The van der Waals surface area contributed by atoms with Gasteiger partial charge in [0, 0.05) is 24.5 Å². The predicted molar refractivity (Wildman–Crippen MR) is 71.2 cm³/mol. The molecule has 0 saturated carbocycles. The van der Waals surface area contributed by atoms with Gasteiger partial charge < -0.3 is 4.90 Å². The Kier molecular flexibility index (Phi) is 5.08. The number of carbonyl (C=O) groups is 1. The number of nitrogens with zero attached hydrogens (tertiary/aromatic N) is 2. The summed E-state index contributed by atoms with van der Waals surface area (Å²) >= 11 is 1.63. The van der Waals surface area contributed by atoms with E-state index in [-0.39, 0.29) is 18.0 Å². The second kappa shape index (κ2) is 6.12. The first-order valence-corrected chi connectivity index (χ1v) is 6.76. The van der Waals surface area contributed by atoms with Crippen molar-refractivity contribution in [2.45, 2.75) is 39.8 Å². The van der Waals surface area contributed by atoms with Crippen LogP contribution in [0, 0.1) is 6.92 Å². The van der Waals surface area contributed by atoms with E-state index in [1.807, 2.05) is 33.3 Å². The normalized spacial score (nSPS) is 14.4. The fourth-order valence-electron chi connectivity index (χ4n) is 1.73. The minimum atomic E-state index is -0.170. The van der Waals surface area contributed by atoms with Crippen molar-refractivity contribution in [3.05, 3.63) is 16.1 Å². The van der Waals surface area contributed by atoms with Crippen LogP contribution in [0.1, 0.15) is 37.4 Å². The molecule has 1 aromatic heterocycles. The van der Waals surface area contributed by atoms with Gasteiger partial charge in [0.15, 0.2) is 0 Å². The van der Waals surface area contributed by atoms with Crippen LogP contribution in [0.4, 0.5) is 0 Å². The highest BCUT2D eigenvalue weighted by atomic mass is 32.1. The summed E-state index contributed by atoms with van der Waals surface area (Å²) in [6.45, 7) is 8.67. The van der Waals surface area contributed by atoms with Crippen LogP contribution in [0.15, 0.2) is 5.51 Å². The second-order valence-corrected chi connectivity index (χ2v) is 5.15. The van der Waals surface area contributed by atoms with Crippen molar-refractivity contribution in [3.63, 3.8) is 0 Å². The first kappa shape index (κ1) is 14.1. The molecule has 1 heterocycles. The van der Waals surface area contributed by atoms with E-state index in [0.29, 0.717) is 0 Å². The number of amides is 1. The molecule has 1 rings (SSSR count). The van der Waals surface area contributed by atoms with Crippen molar-refractivity contribution < 1.29 is 4.79 Å². The topological polar surface area (TPSA) is 45.2 Å². The highest BCUT2D eigenvalue weighted by molar-refractivity contribution is 7.09. The van der Waals surface area contributed by atoms with Crippen molar-refractivity contribution in [1.82, 2.24) is 15.2 Å². The van der Waals surface area contributed by atoms with Crippen LogP contribution in [0.2, 0.25) is 0 Å².